The van der Waals surface area contributed by atoms with Crippen LogP contribution < -0.4 is 0 Å². The van der Waals surface area contributed by atoms with Gasteiger partial charge in [0.25, 0.3) is 0 Å². The summed E-state index contributed by atoms with van der Waals surface area (Å²) in [5.41, 5.74) is 3.92. The van der Waals surface area contributed by atoms with Gasteiger partial charge in [-0.3, -0.25) is 4.98 Å². The van der Waals surface area contributed by atoms with E-state index in [1.165, 1.54) is 16.5 Å². The summed E-state index contributed by atoms with van der Waals surface area (Å²) >= 11 is 0. The van der Waals surface area contributed by atoms with E-state index in [1.54, 1.807) is 0 Å². The van der Waals surface area contributed by atoms with E-state index in [0.717, 1.165) is 5.52 Å². The highest BCUT2D eigenvalue weighted by atomic mass is 14.6. The predicted molar refractivity (Wildman–Crippen MR) is 69.9 cm³/mol. The highest BCUT2D eigenvalue weighted by Gasteiger charge is 2.09. The number of hydrogen-bond donors (Lipinski definition) is 0. The average Bonchev–Trinajstić information content (AvgIpc) is 2.27. The Labute approximate surface area is 97.5 Å². The number of hydrogen-bond acceptors (Lipinski definition) is 1. The molecule has 0 N–H and O–H groups in total. The highest BCUT2D eigenvalue weighted by Crippen LogP contribution is 2.28. The van der Waals surface area contributed by atoms with Gasteiger partial charge in [0, 0.05) is 11.6 Å². The van der Waals surface area contributed by atoms with Crippen LogP contribution in [0.5, 0.6) is 0 Å². The molecule has 0 spiro atoms. The Balaban J connectivity index is 2.74. The quantitative estimate of drug-likeness (QED) is 0.716. The summed E-state index contributed by atoms with van der Waals surface area (Å²) in [6.45, 7) is 8.93. The van der Waals surface area contributed by atoms with Crippen LogP contribution >= 0.6 is 0 Å². The summed E-state index contributed by atoms with van der Waals surface area (Å²) in [5.74, 6) is 1.10. The van der Waals surface area contributed by atoms with E-state index in [-0.39, 0.29) is 0 Å². The topological polar surface area (TPSA) is 12.9 Å². The molecule has 0 bridgehead atoms. The van der Waals surface area contributed by atoms with E-state index in [9.17, 15) is 0 Å². The van der Waals surface area contributed by atoms with Gasteiger partial charge in [0.15, 0.2) is 0 Å². The molecule has 2 rings (SSSR count). The van der Waals surface area contributed by atoms with Gasteiger partial charge in [-0.1, -0.05) is 39.8 Å². The Kier molecular flexibility index (Phi) is 2.95. The Morgan fingerprint density at radius 1 is 1.00 bits per heavy atom. The first-order valence-electron chi connectivity index (χ1n) is 5.98. The maximum absolute atomic E-state index is 4.50. The first-order chi connectivity index (χ1) is 7.59. The third-order valence-corrected chi connectivity index (χ3v) is 3.05. The van der Waals surface area contributed by atoms with E-state index in [2.05, 4.69) is 50.9 Å². The summed E-state index contributed by atoms with van der Waals surface area (Å²) in [4.78, 5) is 4.50. The second kappa shape index (κ2) is 4.25. The summed E-state index contributed by atoms with van der Waals surface area (Å²) in [5, 5.41) is 1.26. The number of fused-ring (bicyclic) bond motifs is 1. The number of benzene rings is 1. The molecule has 84 valence electrons. The molecule has 0 radical (unpaired) electrons. The van der Waals surface area contributed by atoms with Crippen molar-refractivity contribution in [2.45, 2.75) is 39.5 Å². The third-order valence-electron chi connectivity index (χ3n) is 3.05. The largest absolute Gasteiger partial charge is 0.256 e. The van der Waals surface area contributed by atoms with Gasteiger partial charge in [-0.15, -0.1) is 0 Å². The van der Waals surface area contributed by atoms with Crippen LogP contribution in [0, 0.1) is 0 Å². The van der Waals surface area contributed by atoms with Crippen molar-refractivity contribution in [1.29, 1.82) is 0 Å². The lowest BCUT2D eigenvalue weighted by Crippen LogP contribution is -1.96. The molecule has 16 heavy (non-hydrogen) atoms. The monoisotopic (exact) mass is 213 g/mol. The van der Waals surface area contributed by atoms with Crippen LogP contribution in [0.2, 0.25) is 0 Å². The Bertz CT molecular complexity index is 498. The first kappa shape index (κ1) is 11.1. The zero-order chi connectivity index (χ0) is 11.7. The van der Waals surface area contributed by atoms with Crippen molar-refractivity contribution >= 4 is 10.9 Å². The molecule has 1 nitrogen and oxygen atoms in total. The van der Waals surface area contributed by atoms with Crippen LogP contribution in [0.3, 0.4) is 0 Å². The van der Waals surface area contributed by atoms with Crippen molar-refractivity contribution in [2.24, 2.45) is 0 Å². The van der Waals surface area contributed by atoms with Gasteiger partial charge in [-0.2, -0.15) is 0 Å². The molecular formula is C15H19N. The summed E-state index contributed by atoms with van der Waals surface area (Å²) < 4.78 is 0. The van der Waals surface area contributed by atoms with Crippen LogP contribution in [0.1, 0.15) is 50.7 Å². The molecule has 2 aromatic rings. The van der Waals surface area contributed by atoms with E-state index in [4.69, 9.17) is 0 Å². The molecule has 1 aromatic carbocycles. The van der Waals surface area contributed by atoms with Gasteiger partial charge < -0.3 is 0 Å². The fourth-order valence-electron chi connectivity index (χ4n) is 2.02. The lowest BCUT2D eigenvalue weighted by Gasteiger charge is -2.14. The summed E-state index contributed by atoms with van der Waals surface area (Å²) in [6.07, 6.45) is 1.88. The van der Waals surface area contributed by atoms with Crippen LogP contribution in [0.4, 0.5) is 0 Å². The molecule has 0 aliphatic heterocycles. The minimum Gasteiger partial charge on any atom is -0.256 e. The van der Waals surface area contributed by atoms with Crippen molar-refractivity contribution in [2.75, 3.05) is 0 Å². The summed E-state index contributed by atoms with van der Waals surface area (Å²) in [7, 11) is 0. The molecule has 1 aromatic heterocycles. The maximum atomic E-state index is 4.50. The minimum absolute atomic E-state index is 0.524. The lowest BCUT2D eigenvalue weighted by molar-refractivity contribution is 0.839. The molecular weight excluding hydrogens is 194 g/mol. The molecule has 0 aliphatic carbocycles. The smallest absolute Gasteiger partial charge is 0.0736 e. The van der Waals surface area contributed by atoms with Gasteiger partial charge in [-0.05, 0) is 35.1 Å². The summed E-state index contributed by atoms with van der Waals surface area (Å²) in [6, 6.07) is 8.74. The van der Waals surface area contributed by atoms with Gasteiger partial charge in [-0.25, -0.2) is 0 Å². The van der Waals surface area contributed by atoms with E-state index >= 15 is 0 Å². The van der Waals surface area contributed by atoms with Crippen molar-refractivity contribution < 1.29 is 0 Å². The Morgan fingerprint density at radius 3 is 2.38 bits per heavy atom. The van der Waals surface area contributed by atoms with Crippen molar-refractivity contribution in [3.8, 4) is 0 Å². The van der Waals surface area contributed by atoms with Crippen LogP contribution in [0.25, 0.3) is 10.9 Å². The maximum Gasteiger partial charge on any atom is 0.0736 e. The van der Waals surface area contributed by atoms with Crippen LogP contribution in [-0.4, -0.2) is 4.98 Å². The standard InChI is InChI=1S/C15H19N/c1-10(2)13-8-12-6-5-7-16-15(12)14(9-13)11(3)4/h5-11H,1-4H3. The highest BCUT2D eigenvalue weighted by molar-refractivity contribution is 5.83. The predicted octanol–water partition coefficient (Wildman–Crippen LogP) is 4.48. The molecule has 0 unspecified atom stereocenters. The molecule has 0 fully saturated rings. The molecule has 1 heterocycles. The molecule has 0 saturated heterocycles. The second-order valence-electron chi connectivity index (χ2n) is 4.99. The van der Waals surface area contributed by atoms with Gasteiger partial charge >= 0.3 is 0 Å². The van der Waals surface area contributed by atoms with Gasteiger partial charge in [0.2, 0.25) is 0 Å². The molecule has 0 atom stereocenters. The number of nitrogens with zero attached hydrogens (tertiary/aromatic N) is 1. The van der Waals surface area contributed by atoms with E-state index < -0.39 is 0 Å². The van der Waals surface area contributed by atoms with E-state index in [1.807, 2.05) is 12.3 Å². The van der Waals surface area contributed by atoms with Crippen molar-refractivity contribution in [1.82, 2.24) is 4.98 Å². The zero-order valence-corrected chi connectivity index (χ0v) is 10.5. The van der Waals surface area contributed by atoms with Crippen LogP contribution in [0.15, 0.2) is 30.5 Å². The zero-order valence-electron chi connectivity index (χ0n) is 10.5. The van der Waals surface area contributed by atoms with Gasteiger partial charge in [0.05, 0.1) is 5.52 Å². The van der Waals surface area contributed by atoms with Crippen LogP contribution in [-0.2, 0) is 0 Å². The lowest BCUT2D eigenvalue weighted by atomic mass is 9.93. The third kappa shape index (κ3) is 1.95. The van der Waals surface area contributed by atoms with Crippen molar-refractivity contribution in [3.05, 3.63) is 41.6 Å². The Morgan fingerprint density at radius 2 is 1.75 bits per heavy atom. The fraction of sp³-hybridized carbons (Fsp3) is 0.400. The molecule has 1 heteroatoms. The fourth-order valence-corrected chi connectivity index (χ4v) is 2.02. The van der Waals surface area contributed by atoms with Gasteiger partial charge in [0.1, 0.15) is 0 Å². The average molecular weight is 213 g/mol. The number of rotatable bonds is 2. The number of aromatic nitrogens is 1. The number of pyridine rings is 1. The molecule has 0 aliphatic rings. The Hall–Kier alpha value is -1.37. The van der Waals surface area contributed by atoms with Crippen molar-refractivity contribution in [3.63, 3.8) is 0 Å². The second-order valence-corrected chi connectivity index (χ2v) is 4.99. The molecule has 0 amide bonds. The SMILES string of the molecule is CC(C)c1cc(C(C)C)c2ncccc2c1. The van der Waals surface area contributed by atoms with E-state index in [0.29, 0.717) is 11.8 Å². The first-order valence-corrected chi connectivity index (χ1v) is 5.98. The molecule has 0 saturated carbocycles. The minimum atomic E-state index is 0.524. The normalized spacial score (nSPS) is 11.6.